The molecule has 0 heterocycles. The van der Waals surface area contributed by atoms with Crippen molar-refractivity contribution in [1.29, 1.82) is 0 Å². The van der Waals surface area contributed by atoms with Crippen molar-refractivity contribution in [2.75, 3.05) is 7.11 Å². The van der Waals surface area contributed by atoms with Gasteiger partial charge in [0.2, 0.25) is 0 Å². The number of rotatable bonds is 6. The second-order valence-corrected chi connectivity index (χ2v) is 6.20. The molecule has 126 valence electrons. The lowest BCUT2D eigenvalue weighted by atomic mass is 10.2. The van der Waals surface area contributed by atoms with Gasteiger partial charge in [-0.1, -0.05) is 15.9 Å². The van der Waals surface area contributed by atoms with E-state index in [0.29, 0.717) is 11.3 Å². The second-order valence-electron chi connectivity index (χ2n) is 5.28. The van der Waals surface area contributed by atoms with Crippen LogP contribution in [0.4, 0.5) is 0 Å². The van der Waals surface area contributed by atoms with Crippen LogP contribution in [-0.2, 0) is 0 Å². The highest BCUT2D eigenvalue weighted by Crippen LogP contribution is 2.24. The third-order valence-electron chi connectivity index (χ3n) is 3.04. The molecule has 0 aromatic heterocycles. The van der Waals surface area contributed by atoms with Crippen LogP contribution in [0, 0.1) is 0 Å². The molecule has 0 bridgehead atoms. The number of hydrogen-bond acceptors (Lipinski definition) is 4. The molecule has 2 aromatic rings. The molecule has 0 saturated carbocycles. The van der Waals surface area contributed by atoms with Crippen LogP contribution in [0.25, 0.3) is 0 Å². The molecule has 0 aliphatic carbocycles. The molecule has 0 aliphatic heterocycles. The number of benzene rings is 2. The molecule has 0 spiro atoms. The molecule has 1 amide bonds. The van der Waals surface area contributed by atoms with Gasteiger partial charge < -0.3 is 9.47 Å². The first-order chi connectivity index (χ1) is 11.5. The molecular weight excluding hydrogens is 372 g/mol. The maximum atomic E-state index is 12.3. The molecule has 2 aromatic carbocycles. The summed E-state index contributed by atoms with van der Waals surface area (Å²) in [6, 6.07) is 12.6. The maximum absolute atomic E-state index is 12.3. The topological polar surface area (TPSA) is 59.9 Å². The molecule has 0 unspecified atom stereocenters. The zero-order valence-corrected chi connectivity index (χ0v) is 15.3. The quantitative estimate of drug-likeness (QED) is 0.598. The lowest BCUT2D eigenvalue weighted by molar-refractivity contribution is 0.0949. The van der Waals surface area contributed by atoms with Crippen LogP contribution in [-0.4, -0.2) is 25.3 Å². The standard InChI is InChI=1S/C18H19BrN2O3/c1-12(2)24-17-9-6-14(19)10-16(17)18(22)21-20-11-13-4-7-15(23-3)8-5-13/h4-12H,1-3H3,(H,21,22)/b20-11-. The van der Waals surface area contributed by atoms with Gasteiger partial charge in [0.25, 0.3) is 5.91 Å². The Bertz CT molecular complexity index is 728. The summed E-state index contributed by atoms with van der Waals surface area (Å²) in [5, 5.41) is 3.99. The largest absolute Gasteiger partial charge is 0.497 e. The third-order valence-corrected chi connectivity index (χ3v) is 3.54. The Morgan fingerprint density at radius 3 is 2.54 bits per heavy atom. The predicted molar refractivity (Wildman–Crippen MR) is 98.0 cm³/mol. The number of carbonyl (C=O) groups is 1. The van der Waals surface area contributed by atoms with E-state index in [4.69, 9.17) is 9.47 Å². The minimum absolute atomic E-state index is 0.0273. The third kappa shape index (κ3) is 5.09. The fraction of sp³-hybridized carbons (Fsp3) is 0.222. The Morgan fingerprint density at radius 1 is 1.21 bits per heavy atom. The van der Waals surface area contributed by atoms with Crippen molar-refractivity contribution in [1.82, 2.24) is 5.43 Å². The van der Waals surface area contributed by atoms with Crippen molar-refractivity contribution in [2.24, 2.45) is 5.10 Å². The number of ether oxygens (including phenoxy) is 2. The van der Waals surface area contributed by atoms with Gasteiger partial charge in [-0.25, -0.2) is 5.43 Å². The van der Waals surface area contributed by atoms with Crippen LogP contribution in [0.2, 0.25) is 0 Å². The lowest BCUT2D eigenvalue weighted by Gasteiger charge is -2.13. The van der Waals surface area contributed by atoms with Crippen molar-refractivity contribution in [3.05, 3.63) is 58.1 Å². The minimum Gasteiger partial charge on any atom is -0.497 e. The molecule has 0 aliphatic rings. The van der Waals surface area contributed by atoms with Gasteiger partial charge in [-0.05, 0) is 61.9 Å². The summed E-state index contributed by atoms with van der Waals surface area (Å²) in [6.45, 7) is 3.82. The van der Waals surface area contributed by atoms with E-state index >= 15 is 0 Å². The first kappa shape index (κ1) is 18.0. The summed E-state index contributed by atoms with van der Waals surface area (Å²) in [5.74, 6) is 0.947. The minimum atomic E-state index is -0.336. The number of amides is 1. The summed E-state index contributed by atoms with van der Waals surface area (Å²) >= 11 is 3.36. The fourth-order valence-electron chi connectivity index (χ4n) is 1.95. The predicted octanol–water partition coefficient (Wildman–Crippen LogP) is 4.01. The van der Waals surface area contributed by atoms with Gasteiger partial charge in [0.1, 0.15) is 11.5 Å². The molecular formula is C18H19BrN2O3. The van der Waals surface area contributed by atoms with E-state index in [1.807, 2.05) is 44.2 Å². The van der Waals surface area contributed by atoms with Gasteiger partial charge in [0.15, 0.2) is 0 Å². The number of carbonyl (C=O) groups excluding carboxylic acids is 1. The van der Waals surface area contributed by atoms with E-state index in [9.17, 15) is 4.79 Å². The van der Waals surface area contributed by atoms with Crippen LogP contribution >= 0.6 is 15.9 Å². The van der Waals surface area contributed by atoms with Gasteiger partial charge in [-0.2, -0.15) is 5.10 Å². The van der Waals surface area contributed by atoms with Gasteiger partial charge in [0, 0.05) is 4.47 Å². The molecule has 0 atom stereocenters. The van der Waals surface area contributed by atoms with Crippen molar-refractivity contribution >= 4 is 28.1 Å². The van der Waals surface area contributed by atoms with E-state index in [2.05, 4.69) is 26.5 Å². The highest BCUT2D eigenvalue weighted by Gasteiger charge is 2.13. The van der Waals surface area contributed by atoms with Crippen molar-refractivity contribution in [3.8, 4) is 11.5 Å². The second kappa shape index (κ2) is 8.49. The Hall–Kier alpha value is -2.34. The van der Waals surface area contributed by atoms with E-state index in [1.54, 1.807) is 25.5 Å². The Labute approximate surface area is 149 Å². The van der Waals surface area contributed by atoms with Crippen molar-refractivity contribution in [3.63, 3.8) is 0 Å². The van der Waals surface area contributed by atoms with Crippen LogP contribution in [0.1, 0.15) is 29.8 Å². The lowest BCUT2D eigenvalue weighted by Crippen LogP contribution is -2.20. The van der Waals surface area contributed by atoms with E-state index in [0.717, 1.165) is 15.8 Å². The van der Waals surface area contributed by atoms with Crippen LogP contribution in [0.3, 0.4) is 0 Å². The summed E-state index contributed by atoms with van der Waals surface area (Å²) in [7, 11) is 1.61. The zero-order chi connectivity index (χ0) is 17.5. The normalized spacial score (nSPS) is 10.9. The molecule has 0 fully saturated rings. The number of halogens is 1. The number of methoxy groups -OCH3 is 1. The monoisotopic (exact) mass is 390 g/mol. The van der Waals surface area contributed by atoms with Gasteiger partial charge in [-0.15, -0.1) is 0 Å². The van der Waals surface area contributed by atoms with Crippen molar-refractivity contribution in [2.45, 2.75) is 20.0 Å². The molecule has 6 heteroatoms. The Balaban J connectivity index is 2.08. The van der Waals surface area contributed by atoms with Crippen LogP contribution < -0.4 is 14.9 Å². The number of hydrogen-bond donors (Lipinski definition) is 1. The molecule has 0 saturated heterocycles. The molecule has 24 heavy (non-hydrogen) atoms. The van der Waals surface area contributed by atoms with E-state index in [1.165, 1.54) is 0 Å². The summed E-state index contributed by atoms with van der Waals surface area (Å²) in [5.41, 5.74) is 3.79. The summed E-state index contributed by atoms with van der Waals surface area (Å²) in [6.07, 6.45) is 1.54. The zero-order valence-electron chi connectivity index (χ0n) is 13.7. The van der Waals surface area contributed by atoms with E-state index in [-0.39, 0.29) is 12.0 Å². The highest BCUT2D eigenvalue weighted by atomic mass is 79.9. The van der Waals surface area contributed by atoms with E-state index < -0.39 is 0 Å². The van der Waals surface area contributed by atoms with Gasteiger partial charge in [-0.3, -0.25) is 4.79 Å². The maximum Gasteiger partial charge on any atom is 0.275 e. The fourth-order valence-corrected chi connectivity index (χ4v) is 2.31. The number of nitrogens with one attached hydrogen (secondary N) is 1. The van der Waals surface area contributed by atoms with Crippen molar-refractivity contribution < 1.29 is 14.3 Å². The van der Waals surface area contributed by atoms with Crippen LogP contribution in [0.5, 0.6) is 11.5 Å². The average Bonchev–Trinajstić information content (AvgIpc) is 2.56. The Morgan fingerprint density at radius 2 is 1.92 bits per heavy atom. The smallest absolute Gasteiger partial charge is 0.275 e. The number of hydrazone groups is 1. The molecule has 5 nitrogen and oxygen atoms in total. The Kier molecular flexibility index (Phi) is 6.37. The molecule has 1 N–H and O–H groups in total. The summed E-state index contributed by atoms with van der Waals surface area (Å²) < 4.78 is 11.6. The van der Waals surface area contributed by atoms with Crippen LogP contribution in [0.15, 0.2) is 52.0 Å². The van der Waals surface area contributed by atoms with Gasteiger partial charge >= 0.3 is 0 Å². The first-order valence-electron chi connectivity index (χ1n) is 7.43. The molecule has 2 rings (SSSR count). The van der Waals surface area contributed by atoms with Gasteiger partial charge in [0.05, 0.1) is 25.0 Å². The number of nitrogens with zero attached hydrogens (tertiary/aromatic N) is 1. The first-order valence-corrected chi connectivity index (χ1v) is 8.22. The SMILES string of the molecule is COc1ccc(/C=N\NC(=O)c2cc(Br)ccc2OC(C)C)cc1. The highest BCUT2D eigenvalue weighted by molar-refractivity contribution is 9.10. The average molecular weight is 391 g/mol. The molecule has 0 radical (unpaired) electrons. The summed E-state index contributed by atoms with van der Waals surface area (Å²) in [4.78, 5) is 12.3.